The molecule has 0 atom stereocenters. The molecule has 0 unspecified atom stereocenters. The van der Waals surface area contributed by atoms with Gasteiger partial charge in [-0.25, -0.2) is 4.79 Å². The van der Waals surface area contributed by atoms with Gasteiger partial charge in [0.05, 0.1) is 17.4 Å². The number of pyridine rings is 1. The quantitative estimate of drug-likeness (QED) is 0.790. The fourth-order valence-electron chi connectivity index (χ4n) is 1.02. The first-order chi connectivity index (χ1) is 7.80. The van der Waals surface area contributed by atoms with Gasteiger partial charge in [-0.1, -0.05) is 0 Å². The highest BCUT2D eigenvalue weighted by Gasteiger charge is 2.33. The maximum atomic E-state index is 12.5. The number of imide groups is 1. The number of alkyl halides is 3. The number of hydrogen-bond donors (Lipinski definition) is 2. The Kier molecular flexibility index (Phi) is 3.66. The van der Waals surface area contributed by atoms with E-state index in [0.717, 1.165) is 12.4 Å². The van der Waals surface area contributed by atoms with Crippen LogP contribution < -0.4 is 10.6 Å². The first-order valence-corrected chi connectivity index (χ1v) is 4.26. The fraction of sp³-hybridized carbons (Fsp3) is 0.111. The summed E-state index contributed by atoms with van der Waals surface area (Å²) in [5.41, 5.74) is -1.60. The molecular formula is C9H7F3N3O2. The molecule has 0 aromatic carbocycles. The van der Waals surface area contributed by atoms with Crippen LogP contribution in [-0.4, -0.2) is 16.9 Å². The molecule has 2 N–H and O–H groups in total. The summed E-state index contributed by atoms with van der Waals surface area (Å²) in [4.78, 5) is 24.9. The van der Waals surface area contributed by atoms with E-state index in [2.05, 4.69) is 11.9 Å². The van der Waals surface area contributed by atoms with Crippen molar-refractivity contribution in [2.24, 2.45) is 0 Å². The van der Waals surface area contributed by atoms with Gasteiger partial charge in [-0.2, -0.15) is 13.2 Å². The van der Waals surface area contributed by atoms with Gasteiger partial charge in [0.25, 0.3) is 0 Å². The predicted molar refractivity (Wildman–Crippen MR) is 51.8 cm³/mol. The number of nitrogens with zero attached hydrogens (tertiary/aromatic N) is 1. The van der Waals surface area contributed by atoms with Crippen molar-refractivity contribution in [1.29, 1.82) is 0 Å². The van der Waals surface area contributed by atoms with Gasteiger partial charge in [0.2, 0.25) is 5.91 Å². The number of anilines is 1. The first kappa shape index (κ1) is 12.9. The summed E-state index contributed by atoms with van der Waals surface area (Å²) in [7, 11) is 0. The summed E-state index contributed by atoms with van der Waals surface area (Å²) in [5, 5.41) is 3.53. The third kappa shape index (κ3) is 3.74. The monoisotopic (exact) mass is 246 g/mol. The van der Waals surface area contributed by atoms with E-state index in [1.165, 1.54) is 0 Å². The average molecular weight is 246 g/mol. The summed E-state index contributed by atoms with van der Waals surface area (Å²) in [6.45, 7) is 2.84. The number of aromatic nitrogens is 1. The molecule has 3 amide bonds. The van der Waals surface area contributed by atoms with Gasteiger partial charge in [0.1, 0.15) is 0 Å². The highest BCUT2D eigenvalue weighted by molar-refractivity contribution is 6.02. The molecule has 5 nitrogen and oxygen atoms in total. The van der Waals surface area contributed by atoms with Gasteiger partial charge in [0, 0.05) is 13.1 Å². The predicted octanol–water partition coefficient (Wildman–Crippen LogP) is 1.58. The Morgan fingerprint density at radius 3 is 2.53 bits per heavy atom. The Labute approximate surface area is 94.0 Å². The lowest BCUT2D eigenvalue weighted by Gasteiger charge is -2.12. The highest BCUT2D eigenvalue weighted by Crippen LogP contribution is 2.33. The maximum absolute atomic E-state index is 12.5. The molecule has 0 bridgehead atoms. The van der Waals surface area contributed by atoms with Crippen molar-refractivity contribution in [2.45, 2.75) is 6.18 Å². The molecule has 1 heterocycles. The van der Waals surface area contributed by atoms with E-state index >= 15 is 0 Å². The second-order valence-corrected chi connectivity index (χ2v) is 2.92. The molecule has 8 heteroatoms. The van der Waals surface area contributed by atoms with Gasteiger partial charge in [-0.15, -0.1) is 0 Å². The van der Waals surface area contributed by atoms with Crippen molar-refractivity contribution >= 4 is 17.6 Å². The third-order valence-corrected chi connectivity index (χ3v) is 1.63. The lowest BCUT2D eigenvalue weighted by atomic mass is 10.2. The summed E-state index contributed by atoms with van der Waals surface area (Å²) < 4.78 is 37.4. The van der Waals surface area contributed by atoms with E-state index in [9.17, 15) is 22.8 Å². The van der Waals surface area contributed by atoms with Crippen LogP contribution in [-0.2, 0) is 11.0 Å². The maximum Gasteiger partial charge on any atom is 0.418 e. The minimum atomic E-state index is -4.62. The van der Waals surface area contributed by atoms with Crippen molar-refractivity contribution in [3.63, 3.8) is 0 Å². The number of amides is 3. The molecule has 91 valence electrons. The third-order valence-electron chi connectivity index (χ3n) is 1.63. The minimum absolute atomic E-state index is 0.543. The van der Waals surface area contributed by atoms with E-state index < -0.39 is 29.4 Å². The van der Waals surface area contributed by atoms with Crippen molar-refractivity contribution in [3.8, 4) is 0 Å². The number of carbonyl (C=O) groups excluding carboxylic acids is 2. The first-order valence-electron chi connectivity index (χ1n) is 4.26. The van der Waals surface area contributed by atoms with E-state index in [4.69, 9.17) is 0 Å². The minimum Gasteiger partial charge on any atom is -0.306 e. The number of nitrogens with one attached hydrogen (secondary N) is 2. The normalized spacial score (nSPS) is 10.8. The van der Waals surface area contributed by atoms with Crippen molar-refractivity contribution in [1.82, 2.24) is 10.3 Å². The molecule has 1 rings (SSSR count). The molecule has 1 radical (unpaired) electrons. The van der Waals surface area contributed by atoms with Crippen LogP contribution in [0.25, 0.3) is 0 Å². The fourth-order valence-corrected chi connectivity index (χ4v) is 1.02. The number of urea groups is 1. The molecule has 17 heavy (non-hydrogen) atoms. The van der Waals surface area contributed by atoms with Gasteiger partial charge >= 0.3 is 12.2 Å². The number of halogens is 3. The Hall–Kier alpha value is -2.12. The van der Waals surface area contributed by atoms with Crippen LogP contribution in [0, 0.1) is 6.92 Å². The van der Waals surface area contributed by atoms with E-state index in [1.54, 1.807) is 5.32 Å². The molecule has 0 saturated carbocycles. The molecule has 0 aliphatic carbocycles. The van der Waals surface area contributed by atoms with Crippen LogP contribution >= 0.6 is 0 Å². The number of hydrogen-bond acceptors (Lipinski definition) is 3. The molecule has 0 aliphatic heterocycles. The summed E-state index contributed by atoms with van der Waals surface area (Å²) in [5.74, 6) is -0.931. The van der Waals surface area contributed by atoms with Crippen LogP contribution in [0.5, 0.6) is 0 Å². The van der Waals surface area contributed by atoms with Gasteiger partial charge in [-0.05, 0) is 6.07 Å². The Balaban J connectivity index is 2.92. The van der Waals surface area contributed by atoms with Crippen molar-refractivity contribution in [2.75, 3.05) is 5.32 Å². The lowest BCUT2D eigenvalue weighted by Crippen LogP contribution is -2.33. The zero-order chi connectivity index (χ0) is 13.1. The number of rotatable bonds is 1. The number of carbonyl (C=O) groups is 2. The van der Waals surface area contributed by atoms with Gasteiger partial charge in [0.15, 0.2) is 0 Å². The topological polar surface area (TPSA) is 71.1 Å². The second-order valence-electron chi connectivity index (χ2n) is 2.92. The molecule has 1 aromatic heterocycles. The largest absolute Gasteiger partial charge is 0.418 e. The van der Waals surface area contributed by atoms with Crippen LogP contribution in [0.1, 0.15) is 5.56 Å². The van der Waals surface area contributed by atoms with Crippen LogP contribution in [0.2, 0.25) is 0 Å². The van der Waals surface area contributed by atoms with E-state index in [0.29, 0.717) is 6.07 Å². The van der Waals surface area contributed by atoms with Crippen LogP contribution in [0.4, 0.5) is 23.7 Å². The van der Waals surface area contributed by atoms with Gasteiger partial charge < -0.3 is 5.32 Å². The molecule has 1 aromatic rings. The van der Waals surface area contributed by atoms with Crippen LogP contribution in [0.3, 0.4) is 0 Å². The average Bonchev–Trinajstić information content (AvgIpc) is 2.15. The second kappa shape index (κ2) is 4.81. The molecule has 0 fully saturated rings. The Morgan fingerprint density at radius 1 is 1.35 bits per heavy atom. The molecule has 0 spiro atoms. The van der Waals surface area contributed by atoms with E-state index in [1.807, 2.05) is 5.32 Å². The Morgan fingerprint density at radius 2 is 2.00 bits per heavy atom. The summed E-state index contributed by atoms with van der Waals surface area (Å²) in [6, 6.07) is -0.398. The standard InChI is InChI=1S/C9H7F3N3O2/c1-5(16)14-8(17)15-7-4-13-3-2-6(7)9(10,11)12/h2-4H,1H2,(H2,14,15,16,17). The lowest BCUT2D eigenvalue weighted by molar-refractivity contribution is -0.137. The molecule has 0 aliphatic rings. The van der Waals surface area contributed by atoms with Crippen LogP contribution in [0.15, 0.2) is 18.5 Å². The SMILES string of the molecule is [CH2]C(=O)NC(=O)Nc1cnccc1C(F)(F)F. The van der Waals surface area contributed by atoms with Gasteiger partial charge in [-0.3, -0.25) is 15.1 Å². The zero-order valence-corrected chi connectivity index (χ0v) is 8.34. The molecular weight excluding hydrogens is 239 g/mol. The zero-order valence-electron chi connectivity index (χ0n) is 8.34. The van der Waals surface area contributed by atoms with E-state index in [-0.39, 0.29) is 0 Å². The smallest absolute Gasteiger partial charge is 0.306 e. The summed E-state index contributed by atoms with van der Waals surface area (Å²) in [6.07, 6.45) is -2.85. The highest BCUT2D eigenvalue weighted by atomic mass is 19.4. The Bertz CT molecular complexity index is 445. The summed E-state index contributed by atoms with van der Waals surface area (Å²) >= 11 is 0. The van der Waals surface area contributed by atoms with Crippen molar-refractivity contribution < 1.29 is 22.8 Å². The molecule has 0 saturated heterocycles. The van der Waals surface area contributed by atoms with Crippen molar-refractivity contribution in [3.05, 3.63) is 30.9 Å².